The lowest BCUT2D eigenvalue weighted by Gasteiger charge is -2.38. The molecule has 0 amide bonds. The third-order valence-electron chi connectivity index (χ3n) is 3.02. The van der Waals surface area contributed by atoms with Crippen LogP contribution in [0.5, 0.6) is 5.75 Å². The average molecular weight is 220 g/mol. The SMILES string of the molecule is CCCC1(CCC)OCc2ccccc2O1. The lowest BCUT2D eigenvalue weighted by atomic mass is 10.0. The molecule has 0 unspecified atom stereocenters. The first-order valence-corrected chi connectivity index (χ1v) is 6.20. The topological polar surface area (TPSA) is 18.5 Å². The Morgan fingerprint density at radius 3 is 2.50 bits per heavy atom. The smallest absolute Gasteiger partial charge is 0.210 e. The number of ether oxygens (including phenoxy) is 2. The van der Waals surface area contributed by atoms with Gasteiger partial charge < -0.3 is 9.47 Å². The summed E-state index contributed by atoms with van der Waals surface area (Å²) in [5.41, 5.74) is 1.16. The molecule has 2 heteroatoms. The molecule has 0 N–H and O–H groups in total. The molecule has 2 rings (SSSR count). The van der Waals surface area contributed by atoms with Crippen LogP contribution in [0.1, 0.15) is 45.1 Å². The standard InChI is InChI=1S/C14H20O2/c1-3-9-14(10-4-2)15-11-12-7-5-6-8-13(12)16-14/h5-8H,3-4,9-11H2,1-2H3. The quantitative estimate of drug-likeness (QED) is 0.766. The van der Waals surface area contributed by atoms with Crippen molar-refractivity contribution in [3.63, 3.8) is 0 Å². The molecular formula is C14H20O2. The molecule has 1 aliphatic heterocycles. The van der Waals surface area contributed by atoms with E-state index in [0.29, 0.717) is 6.61 Å². The molecule has 1 aromatic rings. The Kier molecular flexibility index (Phi) is 3.49. The van der Waals surface area contributed by atoms with Gasteiger partial charge in [-0.15, -0.1) is 0 Å². The van der Waals surface area contributed by atoms with Crippen LogP contribution in [-0.4, -0.2) is 5.79 Å². The van der Waals surface area contributed by atoms with Gasteiger partial charge in [-0.05, 0) is 18.9 Å². The highest BCUT2D eigenvalue weighted by Crippen LogP contribution is 2.36. The highest BCUT2D eigenvalue weighted by molar-refractivity contribution is 5.34. The Bertz CT molecular complexity index is 340. The molecule has 1 aliphatic rings. The summed E-state index contributed by atoms with van der Waals surface area (Å²) in [5.74, 6) is 0.619. The Balaban J connectivity index is 2.20. The third-order valence-corrected chi connectivity index (χ3v) is 3.02. The number of hydrogen-bond acceptors (Lipinski definition) is 2. The zero-order valence-corrected chi connectivity index (χ0v) is 10.2. The predicted octanol–water partition coefficient (Wildman–Crippen LogP) is 3.89. The van der Waals surface area contributed by atoms with Gasteiger partial charge in [0.2, 0.25) is 5.79 Å². The molecule has 0 aliphatic carbocycles. The molecule has 0 radical (unpaired) electrons. The Morgan fingerprint density at radius 1 is 1.12 bits per heavy atom. The summed E-state index contributed by atoms with van der Waals surface area (Å²) in [4.78, 5) is 0. The van der Waals surface area contributed by atoms with Crippen LogP contribution in [0.25, 0.3) is 0 Å². The molecule has 0 atom stereocenters. The Morgan fingerprint density at radius 2 is 1.81 bits per heavy atom. The van der Waals surface area contributed by atoms with E-state index in [4.69, 9.17) is 9.47 Å². The first kappa shape index (κ1) is 11.5. The molecule has 2 nitrogen and oxygen atoms in total. The van der Waals surface area contributed by atoms with E-state index in [1.54, 1.807) is 0 Å². The van der Waals surface area contributed by atoms with Crippen LogP contribution in [0.4, 0.5) is 0 Å². The third kappa shape index (κ3) is 2.22. The number of hydrogen-bond donors (Lipinski definition) is 0. The summed E-state index contributed by atoms with van der Waals surface area (Å²) >= 11 is 0. The van der Waals surface area contributed by atoms with Crippen molar-refractivity contribution in [3.05, 3.63) is 29.8 Å². The normalized spacial score (nSPS) is 17.6. The highest BCUT2D eigenvalue weighted by atomic mass is 16.7. The van der Waals surface area contributed by atoms with Gasteiger partial charge in [0.05, 0.1) is 6.61 Å². The van der Waals surface area contributed by atoms with Gasteiger partial charge in [0, 0.05) is 18.4 Å². The summed E-state index contributed by atoms with van der Waals surface area (Å²) < 4.78 is 12.0. The lowest BCUT2D eigenvalue weighted by Crippen LogP contribution is -2.41. The van der Waals surface area contributed by atoms with E-state index in [-0.39, 0.29) is 5.79 Å². The molecule has 0 aromatic heterocycles. The number of benzene rings is 1. The fourth-order valence-electron chi connectivity index (χ4n) is 2.29. The average Bonchev–Trinajstić information content (AvgIpc) is 2.30. The van der Waals surface area contributed by atoms with Crippen molar-refractivity contribution in [2.24, 2.45) is 0 Å². The Labute approximate surface area is 97.6 Å². The van der Waals surface area contributed by atoms with Gasteiger partial charge in [0.15, 0.2) is 0 Å². The van der Waals surface area contributed by atoms with Crippen molar-refractivity contribution in [2.75, 3.05) is 0 Å². The fraction of sp³-hybridized carbons (Fsp3) is 0.571. The predicted molar refractivity (Wildman–Crippen MR) is 64.4 cm³/mol. The Hall–Kier alpha value is -1.02. The minimum atomic E-state index is -0.377. The zero-order valence-electron chi connectivity index (χ0n) is 10.2. The second kappa shape index (κ2) is 4.88. The molecule has 1 heterocycles. The molecule has 1 aromatic carbocycles. The molecule has 0 spiro atoms. The van der Waals surface area contributed by atoms with Crippen LogP contribution in [-0.2, 0) is 11.3 Å². The van der Waals surface area contributed by atoms with E-state index >= 15 is 0 Å². The second-order valence-electron chi connectivity index (χ2n) is 4.41. The van der Waals surface area contributed by atoms with Crippen molar-refractivity contribution in [3.8, 4) is 5.75 Å². The van der Waals surface area contributed by atoms with Gasteiger partial charge in [-0.1, -0.05) is 32.0 Å². The van der Waals surface area contributed by atoms with Gasteiger partial charge in [-0.25, -0.2) is 0 Å². The van der Waals surface area contributed by atoms with E-state index < -0.39 is 0 Å². The maximum absolute atomic E-state index is 6.08. The highest BCUT2D eigenvalue weighted by Gasteiger charge is 2.35. The van der Waals surface area contributed by atoms with Gasteiger partial charge in [-0.2, -0.15) is 0 Å². The number of rotatable bonds is 4. The van der Waals surface area contributed by atoms with E-state index in [2.05, 4.69) is 19.9 Å². The summed E-state index contributed by atoms with van der Waals surface area (Å²) in [6, 6.07) is 8.15. The van der Waals surface area contributed by atoms with Crippen molar-refractivity contribution >= 4 is 0 Å². The van der Waals surface area contributed by atoms with Crippen molar-refractivity contribution < 1.29 is 9.47 Å². The molecule has 16 heavy (non-hydrogen) atoms. The first-order valence-electron chi connectivity index (χ1n) is 6.20. The van der Waals surface area contributed by atoms with E-state index in [1.165, 1.54) is 0 Å². The van der Waals surface area contributed by atoms with Crippen LogP contribution in [0.3, 0.4) is 0 Å². The van der Waals surface area contributed by atoms with Crippen LogP contribution >= 0.6 is 0 Å². The molecule has 0 saturated carbocycles. The van der Waals surface area contributed by atoms with Crippen LogP contribution in [0, 0.1) is 0 Å². The van der Waals surface area contributed by atoms with Gasteiger partial charge in [0.25, 0.3) is 0 Å². The summed E-state index contributed by atoms with van der Waals surface area (Å²) in [6.45, 7) is 5.02. The molecular weight excluding hydrogens is 200 g/mol. The van der Waals surface area contributed by atoms with E-state index in [0.717, 1.165) is 37.0 Å². The second-order valence-corrected chi connectivity index (χ2v) is 4.41. The van der Waals surface area contributed by atoms with Gasteiger partial charge >= 0.3 is 0 Å². The molecule has 88 valence electrons. The van der Waals surface area contributed by atoms with Crippen molar-refractivity contribution in [1.82, 2.24) is 0 Å². The number of para-hydroxylation sites is 1. The maximum atomic E-state index is 6.08. The minimum Gasteiger partial charge on any atom is -0.462 e. The molecule has 0 bridgehead atoms. The monoisotopic (exact) mass is 220 g/mol. The maximum Gasteiger partial charge on any atom is 0.210 e. The molecule has 0 saturated heterocycles. The van der Waals surface area contributed by atoms with Crippen LogP contribution < -0.4 is 4.74 Å². The molecule has 0 fully saturated rings. The van der Waals surface area contributed by atoms with Gasteiger partial charge in [0.1, 0.15) is 5.75 Å². The largest absolute Gasteiger partial charge is 0.462 e. The summed E-state index contributed by atoms with van der Waals surface area (Å²) in [7, 11) is 0. The summed E-state index contributed by atoms with van der Waals surface area (Å²) in [6.07, 6.45) is 4.11. The van der Waals surface area contributed by atoms with Crippen molar-refractivity contribution in [2.45, 2.75) is 51.9 Å². The summed E-state index contributed by atoms with van der Waals surface area (Å²) in [5, 5.41) is 0. The van der Waals surface area contributed by atoms with E-state index in [9.17, 15) is 0 Å². The van der Waals surface area contributed by atoms with Crippen molar-refractivity contribution in [1.29, 1.82) is 0 Å². The first-order chi connectivity index (χ1) is 7.79. The number of fused-ring (bicyclic) bond motifs is 1. The fourth-order valence-corrected chi connectivity index (χ4v) is 2.29. The van der Waals surface area contributed by atoms with Crippen LogP contribution in [0.2, 0.25) is 0 Å². The van der Waals surface area contributed by atoms with Gasteiger partial charge in [-0.3, -0.25) is 0 Å². The lowest BCUT2D eigenvalue weighted by molar-refractivity contribution is -0.214. The zero-order chi connectivity index (χ0) is 11.4. The van der Waals surface area contributed by atoms with Crippen LogP contribution in [0.15, 0.2) is 24.3 Å². The van der Waals surface area contributed by atoms with E-state index in [1.807, 2.05) is 18.2 Å². The minimum absolute atomic E-state index is 0.377.